The number of carbonyl (C=O) groups is 1. The predicted molar refractivity (Wildman–Crippen MR) is 71.1 cm³/mol. The predicted octanol–water partition coefficient (Wildman–Crippen LogP) is 2.79. The van der Waals surface area contributed by atoms with Crippen molar-refractivity contribution in [3.05, 3.63) is 29.8 Å². The molecule has 0 spiro atoms. The fourth-order valence-corrected chi connectivity index (χ4v) is 3.02. The minimum Gasteiger partial charge on any atom is -0.481 e. The lowest BCUT2D eigenvalue weighted by Crippen LogP contribution is -2.19. The molecule has 3 nitrogen and oxygen atoms in total. The molecule has 0 unspecified atom stereocenters. The summed E-state index contributed by atoms with van der Waals surface area (Å²) in [6.07, 6.45) is 4.84. The molecule has 1 aromatic rings. The highest BCUT2D eigenvalue weighted by Crippen LogP contribution is 2.51. The fourth-order valence-electron chi connectivity index (χ4n) is 3.02. The monoisotopic (exact) mass is 245 g/mol. The number of carboxylic acid groups (broad SMARTS) is 1. The van der Waals surface area contributed by atoms with Gasteiger partial charge in [0.1, 0.15) is 0 Å². The summed E-state index contributed by atoms with van der Waals surface area (Å²) in [6.45, 7) is 2.27. The van der Waals surface area contributed by atoms with Gasteiger partial charge in [0.25, 0.3) is 0 Å². The highest BCUT2D eigenvalue weighted by molar-refractivity contribution is 5.70. The van der Waals surface area contributed by atoms with E-state index >= 15 is 0 Å². The summed E-state index contributed by atoms with van der Waals surface area (Å²) in [5, 5.41) is 9.02. The molecule has 1 aliphatic carbocycles. The standard InChI is InChI=1S/C15H19NO2/c17-14(18)11-15(6-7-15)12-4-3-5-13(10-12)16-8-1-2-9-16/h3-5,10H,1-2,6-9,11H2,(H,17,18). The van der Waals surface area contributed by atoms with Crippen LogP contribution in [0.15, 0.2) is 24.3 Å². The molecule has 3 rings (SSSR count). The van der Waals surface area contributed by atoms with Gasteiger partial charge in [0.05, 0.1) is 6.42 Å². The molecule has 18 heavy (non-hydrogen) atoms. The van der Waals surface area contributed by atoms with Crippen molar-refractivity contribution < 1.29 is 9.90 Å². The summed E-state index contributed by atoms with van der Waals surface area (Å²) in [4.78, 5) is 13.4. The second-order valence-corrected chi connectivity index (χ2v) is 5.60. The van der Waals surface area contributed by atoms with Gasteiger partial charge >= 0.3 is 5.97 Å². The first-order valence-electron chi connectivity index (χ1n) is 6.77. The minimum absolute atomic E-state index is 0.0679. The third-order valence-electron chi connectivity index (χ3n) is 4.27. The van der Waals surface area contributed by atoms with E-state index in [1.54, 1.807) is 0 Å². The van der Waals surface area contributed by atoms with Gasteiger partial charge < -0.3 is 10.0 Å². The third kappa shape index (κ3) is 2.09. The van der Waals surface area contributed by atoms with Crippen LogP contribution < -0.4 is 4.90 Å². The Morgan fingerprint density at radius 2 is 2.00 bits per heavy atom. The summed E-state index contributed by atoms with van der Waals surface area (Å²) in [5.41, 5.74) is 2.41. The second kappa shape index (κ2) is 4.30. The van der Waals surface area contributed by atoms with Gasteiger partial charge in [-0.15, -0.1) is 0 Å². The van der Waals surface area contributed by atoms with Crippen molar-refractivity contribution >= 4 is 11.7 Å². The summed E-state index contributed by atoms with van der Waals surface area (Å²) >= 11 is 0. The van der Waals surface area contributed by atoms with Crippen LogP contribution in [0.5, 0.6) is 0 Å². The lowest BCUT2D eigenvalue weighted by Gasteiger charge is -2.20. The van der Waals surface area contributed by atoms with Crippen molar-refractivity contribution in [3.8, 4) is 0 Å². The Balaban J connectivity index is 1.84. The van der Waals surface area contributed by atoms with Crippen LogP contribution in [-0.2, 0) is 10.2 Å². The van der Waals surface area contributed by atoms with Gasteiger partial charge in [-0.2, -0.15) is 0 Å². The van der Waals surface area contributed by atoms with E-state index in [4.69, 9.17) is 5.11 Å². The van der Waals surface area contributed by atoms with Gasteiger partial charge in [0.2, 0.25) is 0 Å². The van der Waals surface area contributed by atoms with Crippen molar-refractivity contribution in [2.24, 2.45) is 0 Å². The van der Waals surface area contributed by atoms with Crippen LogP contribution in [0.25, 0.3) is 0 Å². The Bertz CT molecular complexity index is 459. The van der Waals surface area contributed by atoms with E-state index < -0.39 is 5.97 Å². The summed E-state index contributed by atoms with van der Waals surface area (Å²) in [6, 6.07) is 8.52. The lowest BCUT2D eigenvalue weighted by atomic mass is 9.92. The van der Waals surface area contributed by atoms with Crippen molar-refractivity contribution in [2.45, 2.75) is 37.5 Å². The topological polar surface area (TPSA) is 40.5 Å². The zero-order chi connectivity index (χ0) is 12.6. The van der Waals surface area contributed by atoms with Gasteiger partial charge in [0.15, 0.2) is 0 Å². The number of hydrogen-bond acceptors (Lipinski definition) is 2. The molecule has 3 heteroatoms. The first kappa shape index (κ1) is 11.6. The van der Waals surface area contributed by atoms with E-state index in [1.807, 2.05) is 0 Å². The van der Waals surface area contributed by atoms with Gasteiger partial charge in [0, 0.05) is 24.2 Å². The molecule has 0 amide bonds. The molecular weight excluding hydrogens is 226 g/mol. The average molecular weight is 245 g/mol. The normalized spacial score (nSPS) is 21.0. The van der Waals surface area contributed by atoms with E-state index in [1.165, 1.54) is 24.1 Å². The number of aliphatic carboxylic acids is 1. The molecule has 0 radical (unpaired) electrons. The molecule has 2 fully saturated rings. The van der Waals surface area contributed by atoms with Gasteiger partial charge in [-0.1, -0.05) is 12.1 Å². The van der Waals surface area contributed by atoms with E-state index in [-0.39, 0.29) is 11.8 Å². The Labute approximate surface area is 107 Å². The molecule has 1 aromatic carbocycles. The molecule has 1 aliphatic heterocycles. The van der Waals surface area contributed by atoms with Crippen molar-refractivity contribution in [2.75, 3.05) is 18.0 Å². The van der Waals surface area contributed by atoms with Crippen LogP contribution >= 0.6 is 0 Å². The molecule has 1 saturated carbocycles. The molecule has 1 N–H and O–H groups in total. The largest absolute Gasteiger partial charge is 0.481 e. The maximum Gasteiger partial charge on any atom is 0.304 e. The molecule has 2 aliphatic rings. The van der Waals surface area contributed by atoms with Crippen LogP contribution in [-0.4, -0.2) is 24.2 Å². The number of anilines is 1. The maximum atomic E-state index is 11.0. The van der Waals surface area contributed by atoms with E-state index in [0.29, 0.717) is 0 Å². The van der Waals surface area contributed by atoms with Gasteiger partial charge in [-0.25, -0.2) is 0 Å². The Morgan fingerprint density at radius 3 is 2.61 bits per heavy atom. The molecule has 0 atom stereocenters. The van der Waals surface area contributed by atoms with Crippen molar-refractivity contribution in [3.63, 3.8) is 0 Å². The third-order valence-corrected chi connectivity index (χ3v) is 4.27. The fraction of sp³-hybridized carbons (Fsp3) is 0.533. The highest BCUT2D eigenvalue weighted by atomic mass is 16.4. The van der Waals surface area contributed by atoms with Gasteiger partial charge in [-0.05, 0) is 43.4 Å². The van der Waals surface area contributed by atoms with Crippen LogP contribution in [0.3, 0.4) is 0 Å². The first-order valence-corrected chi connectivity index (χ1v) is 6.77. The zero-order valence-corrected chi connectivity index (χ0v) is 10.6. The molecule has 0 aromatic heterocycles. The summed E-state index contributed by atoms with van der Waals surface area (Å²) in [5.74, 6) is -0.681. The molecule has 96 valence electrons. The number of benzene rings is 1. The molecule has 1 heterocycles. The van der Waals surface area contributed by atoms with Crippen LogP contribution in [0.2, 0.25) is 0 Å². The summed E-state index contributed by atoms with van der Waals surface area (Å²) < 4.78 is 0. The second-order valence-electron chi connectivity index (χ2n) is 5.60. The molecule has 1 saturated heterocycles. The van der Waals surface area contributed by atoms with Crippen LogP contribution in [0.1, 0.15) is 37.7 Å². The zero-order valence-electron chi connectivity index (χ0n) is 10.6. The van der Waals surface area contributed by atoms with Crippen LogP contribution in [0, 0.1) is 0 Å². The number of carboxylic acids is 1. The van der Waals surface area contributed by atoms with Crippen LogP contribution in [0.4, 0.5) is 5.69 Å². The molecule has 0 bridgehead atoms. The summed E-state index contributed by atoms with van der Waals surface area (Å²) in [7, 11) is 0. The van der Waals surface area contributed by atoms with Gasteiger partial charge in [-0.3, -0.25) is 4.79 Å². The first-order chi connectivity index (χ1) is 8.70. The number of rotatable bonds is 4. The Hall–Kier alpha value is -1.51. The Morgan fingerprint density at radius 1 is 1.28 bits per heavy atom. The van der Waals surface area contributed by atoms with E-state index in [2.05, 4.69) is 29.2 Å². The maximum absolute atomic E-state index is 11.0. The lowest BCUT2D eigenvalue weighted by molar-refractivity contribution is -0.137. The quantitative estimate of drug-likeness (QED) is 0.886. The molecular formula is C15H19NO2. The average Bonchev–Trinajstić information content (AvgIpc) is 2.93. The Kier molecular flexibility index (Phi) is 2.77. The number of nitrogens with zero attached hydrogens (tertiary/aromatic N) is 1. The number of hydrogen-bond donors (Lipinski definition) is 1. The SMILES string of the molecule is O=C(O)CC1(c2cccc(N3CCCC3)c2)CC1. The highest BCUT2D eigenvalue weighted by Gasteiger charge is 2.46. The smallest absolute Gasteiger partial charge is 0.304 e. The van der Waals surface area contributed by atoms with E-state index in [0.717, 1.165) is 25.9 Å². The minimum atomic E-state index is -0.681. The van der Waals surface area contributed by atoms with E-state index in [9.17, 15) is 4.79 Å². The van der Waals surface area contributed by atoms with Crippen molar-refractivity contribution in [1.82, 2.24) is 0 Å². The van der Waals surface area contributed by atoms with Crippen molar-refractivity contribution in [1.29, 1.82) is 0 Å².